The standard InChI is InChI=1S/C9H7NO2.C2HF3O2/c11-9(12)8-5-6-3-1-2-4-7(6)10-8;3-2(4,5)1(6)7/h1-5,10H,(H,11,12);(H,6,7). The van der Waals surface area contributed by atoms with Crippen molar-refractivity contribution in [3.8, 4) is 0 Å². The fourth-order valence-electron chi connectivity index (χ4n) is 1.19. The second-order valence-corrected chi connectivity index (χ2v) is 3.38. The van der Waals surface area contributed by atoms with Gasteiger partial charge in [0.15, 0.2) is 0 Å². The van der Waals surface area contributed by atoms with Crippen molar-refractivity contribution in [3.05, 3.63) is 36.0 Å². The summed E-state index contributed by atoms with van der Waals surface area (Å²) < 4.78 is 31.7. The Bertz CT molecular complexity index is 570. The summed E-state index contributed by atoms with van der Waals surface area (Å²) in [5.41, 5.74) is 1.09. The van der Waals surface area contributed by atoms with E-state index in [0.717, 1.165) is 10.9 Å². The van der Waals surface area contributed by atoms with Gasteiger partial charge in [0, 0.05) is 10.9 Å². The van der Waals surface area contributed by atoms with Gasteiger partial charge in [0.05, 0.1) is 0 Å². The molecule has 0 saturated heterocycles. The molecule has 0 aliphatic rings. The third-order valence-corrected chi connectivity index (χ3v) is 2.00. The number of para-hydroxylation sites is 1. The molecule has 0 radical (unpaired) electrons. The van der Waals surface area contributed by atoms with E-state index in [0.29, 0.717) is 0 Å². The largest absolute Gasteiger partial charge is 0.490 e. The van der Waals surface area contributed by atoms with E-state index in [1.54, 1.807) is 6.07 Å². The lowest BCUT2D eigenvalue weighted by Crippen LogP contribution is -2.21. The first-order valence-corrected chi connectivity index (χ1v) is 4.83. The van der Waals surface area contributed by atoms with Gasteiger partial charge in [-0.2, -0.15) is 13.2 Å². The summed E-state index contributed by atoms with van der Waals surface area (Å²) in [6.07, 6.45) is -5.08. The summed E-state index contributed by atoms with van der Waals surface area (Å²) >= 11 is 0. The molecular weight excluding hydrogens is 267 g/mol. The molecule has 1 heterocycles. The zero-order chi connectivity index (χ0) is 14.6. The predicted molar refractivity (Wildman–Crippen MR) is 58.9 cm³/mol. The van der Waals surface area contributed by atoms with Crippen LogP contribution in [-0.2, 0) is 4.79 Å². The zero-order valence-electron chi connectivity index (χ0n) is 9.23. The summed E-state index contributed by atoms with van der Waals surface area (Å²) in [7, 11) is 0. The van der Waals surface area contributed by atoms with Crippen LogP contribution in [0, 0.1) is 0 Å². The molecule has 102 valence electrons. The van der Waals surface area contributed by atoms with Crippen LogP contribution in [-0.4, -0.2) is 33.3 Å². The van der Waals surface area contributed by atoms with Crippen molar-refractivity contribution in [3.63, 3.8) is 0 Å². The maximum Gasteiger partial charge on any atom is 0.490 e. The van der Waals surface area contributed by atoms with E-state index >= 15 is 0 Å². The molecule has 2 aromatic rings. The molecule has 0 fully saturated rings. The summed E-state index contributed by atoms with van der Waals surface area (Å²) in [6.45, 7) is 0. The number of carboxylic acid groups (broad SMARTS) is 2. The van der Waals surface area contributed by atoms with Crippen LogP contribution in [0.5, 0.6) is 0 Å². The van der Waals surface area contributed by atoms with Gasteiger partial charge in [-0.3, -0.25) is 0 Å². The number of nitrogens with one attached hydrogen (secondary N) is 1. The Balaban J connectivity index is 0.000000224. The van der Waals surface area contributed by atoms with Crippen LogP contribution in [0.4, 0.5) is 13.2 Å². The van der Waals surface area contributed by atoms with E-state index in [1.807, 2.05) is 24.3 Å². The Kier molecular flexibility index (Phi) is 4.15. The van der Waals surface area contributed by atoms with Crippen molar-refractivity contribution in [2.75, 3.05) is 0 Å². The van der Waals surface area contributed by atoms with E-state index in [-0.39, 0.29) is 5.69 Å². The number of halogens is 3. The van der Waals surface area contributed by atoms with E-state index in [1.165, 1.54) is 0 Å². The van der Waals surface area contributed by atoms with Crippen LogP contribution in [0.2, 0.25) is 0 Å². The molecule has 0 atom stereocenters. The Morgan fingerprint density at radius 1 is 1.11 bits per heavy atom. The number of aliphatic carboxylic acids is 1. The monoisotopic (exact) mass is 275 g/mol. The minimum Gasteiger partial charge on any atom is -0.477 e. The highest BCUT2D eigenvalue weighted by atomic mass is 19.4. The van der Waals surface area contributed by atoms with Gasteiger partial charge in [-0.1, -0.05) is 18.2 Å². The van der Waals surface area contributed by atoms with Gasteiger partial charge in [-0.15, -0.1) is 0 Å². The number of carbonyl (C=O) groups is 2. The molecule has 0 spiro atoms. The average Bonchev–Trinajstić information content (AvgIpc) is 2.72. The molecule has 0 bridgehead atoms. The van der Waals surface area contributed by atoms with Crippen LogP contribution in [0.25, 0.3) is 10.9 Å². The van der Waals surface area contributed by atoms with Crippen molar-refractivity contribution in [2.24, 2.45) is 0 Å². The van der Waals surface area contributed by atoms with Crippen LogP contribution in [0.15, 0.2) is 30.3 Å². The van der Waals surface area contributed by atoms with Crippen LogP contribution < -0.4 is 0 Å². The second-order valence-electron chi connectivity index (χ2n) is 3.38. The first-order valence-electron chi connectivity index (χ1n) is 4.83. The molecule has 0 amide bonds. The fourth-order valence-corrected chi connectivity index (χ4v) is 1.19. The number of H-pyrrole nitrogens is 1. The van der Waals surface area contributed by atoms with E-state index in [2.05, 4.69) is 4.98 Å². The molecule has 5 nitrogen and oxygen atoms in total. The lowest BCUT2D eigenvalue weighted by molar-refractivity contribution is -0.192. The van der Waals surface area contributed by atoms with Gasteiger partial charge in [0.25, 0.3) is 0 Å². The summed E-state index contributed by atoms with van der Waals surface area (Å²) in [5.74, 6) is -3.68. The normalized spacial score (nSPS) is 10.7. The molecule has 3 N–H and O–H groups in total. The molecule has 8 heteroatoms. The van der Waals surface area contributed by atoms with Crippen molar-refractivity contribution < 1.29 is 33.0 Å². The van der Waals surface area contributed by atoms with Gasteiger partial charge in [0.1, 0.15) is 5.69 Å². The third-order valence-electron chi connectivity index (χ3n) is 2.00. The Hall–Kier alpha value is -2.51. The number of rotatable bonds is 1. The summed E-state index contributed by atoms with van der Waals surface area (Å²) in [5, 5.41) is 16.7. The zero-order valence-corrected chi connectivity index (χ0v) is 9.23. The molecule has 2 rings (SSSR count). The third kappa shape index (κ3) is 4.02. The van der Waals surface area contributed by atoms with Crippen molar-refractivity contribution in [1.82, 2.24) is 4.98 Å². The van der Waals surface area contributed by atoms with Gasteiger partial charge >= 0.3 is 18.1 Å². The number of aromatic carboxylic acids is 1. The Morgan fingerprint density at radius 3 is 2.05 bits per heavy atom. The smallest absolute Gasteiger partial charge is 0.477 e. The Labute approximate surface area is 104 Å². The highest BCUT2D eigenvalue weighted by Crippen LogP contribution is 2.14. The quantitative estimate of drug-likeness (QED) is 0.745. The van der Waals surface area contributed by atoms with Gasteiger partial charge in [-0.05, 0) is 12.1 Å². The molecule has 0 aliphatic heterocycles. The predicted octanol–water partition coefficient (Wildman–Crippen LogP) is 2.50. The molecule has 1 aromatic carbocycles. The van der Waals surface area contributed by atoms with Crippen LogP contribution in [0.3, 0.4) is 0 Å². The number of aromatic nitrogens is 1. The van der Waals surface area contributed by atoms with Gasteiger partial charge < -0.3 is 15.2 Å². The number of fused-ring (bicyclic) bond motifs is 1. The van der Waals surface area contributed by atoms with E-state index in [9.17, 15) is 18.0 Å². The van der Waals surface area contributed by atoms with Crippen molar-refractivity contribution >= 4 is 22.8 Å². The number of carboxylic acids is 2. The Morgan fingerprint density at radius 2 is 1.63 bits per heavy atom. The van der Waals surface area contributed by atoms with Gasteiger partial charge in [0.2, 0.25) is 0 Å². The number of benzene rings is 1. The maximum atomic E-state index is 10.6. The number of hydrogen-bond donors (Lipinski definition) is 3. The summed E-state index contributed by atoms with van der Waals surface area (Å²) in [6, 6.07) is 9.09. The first kappa shape index (κ1) is 14.6. The van der Waals surface area contributed by atoms with Crippen molar-refractivity contribution in [1.29, 1.82) is 0 Å². The number of alkyl halides is 3. The molecule has 0 unspecified atom stereocenters. The second kappa shape index (κ2) is 5.42. The maximum absolute atomic E-state index is 10.6. The topological polar surface area (TPSA) is 90.4 Å². The molecular formula is C11H8F3NO4. The highest BCUT2D eigenvalue weighted by molar-refractivity contribution is 5.93. The molecule has 0 aliphatic carbocycles. The first-order chi connectivity index (χ1) is 8.71. The summed E-state index contributed by atoms with van der Waals surface area (Å²) in [4.78, 5) is 22.2. The molecule has 0 saturated carbocycles. The molecule has 19 heavy (non-hydrogen) atoms. The average molecular weight is 275 g/mol. The number of hydrogen-bond acceptors (Lipinski definition) is 2. The lowest BCUT2D eigenvalue weighted by atomic mass is 10.2. The fraction of sp³-hybridized carbons (Fsp3) is 0.0909. The van der Waals surface area contributed by atoms with E-state index in [4.69, 9.17) is 15.0 Å². The van der Waals surface area contributed by atoms with Crippen molar-refractivity contribution in [2.45, 2.75) is 6.18 Å². The van der Waals surface area contributed by atoms with Gasteiger partial charge in [-0.25, -0.2) is 9.59 Å². The highest BCUT2D eigenvalue weighted by Gasteiger charge is 2.38. The number of aromatic amines is 1. The SMILES string of the molecule is O=C(O)C(F)(F)F.O=C(O)c1cc2ccccc2[nH]1. The molecule has 1 aromatic heterocycles. The van der Waals surface area contributed by atoms with Crippen LogP contribution in [0.1, 0.15) is 10.5 Å². The van der Waals surface area contributed by atoms with Crippen LogP contribution >= 0.6 is 0 Å². The minimum atomic E-state index is -5.08. The minimum absolute atomic E-state index is 0.233. The lowest BCUT2D eigenvalue weighted by Gasteiger charge is -1.93. The van der Waals surface area contributed by atoms with E-state index < -0.39 is 18.1 Å².